The number of unbranched alkanes of at least 4 members (excludes halogenated alkanes) is 1. The first-order valence-corrected chi connectivity index (χ1v) is 8.49. The maximum atomic E-state index is 13.5. The lowest BCUT2D eigenvalue weighted by Gasteiger charge is -2.39. The van der Waals surface area contributed by atoms with Gasteiger partial charge in [0.1, 0.15) is 0 Å². The lowest BCUT2D eigenvalue weighted by atomic mass is 9.79. The van der Waals surface area contributed by atoms with Gasteiger partial charge in [0, 0.05) is 6.42 Å². The van der Waals surface area contributed by atoms with Crippen LogP contribution in [0.15, 0.2) is 0 Å². The summed E-state index contributed by atoms with van der Waals surface area (Å²) in [7, 11) is 0. The predicted octanol–water partition coefficient (Wildman–Crippen LogP) is 5.63. The van der Waals surface area contributed by atoms with Crippen LogP contribution in [0.1, 0.15) is 51.9 Å². The molecule has 146 valence electrons. The molecule has 2 rings (SSSR count). The Morgan fingerprint density at radius 3 is 2.12 bits per heavy atom. The molecule has 25 heavy (non-hydrogen) atoms. The first-order valence-electron chi connectivity index (χ1n) is 8.49. The largest absolute Gasteiger partial charge is 0.509 e. The van der Waals surface area contributed by atoms with Crippen molar-refractivity contribution in [2.75, 3.05) is 6.61 Å². The zero-order valence-electron chi connectivity index (χ0n) is 13.9. The molecule has 0 heterocycles. The van der Waals surface area contributed by atoms with Crippen molar-refractivity contribution in [3.05, 3.63) is 0 Å². The third-order valence-corrected chi connectivity index (χ3v) is 5.33. The highest BCUT2D eigenvalue weighted by atomic mass is 19.4. The average molecular weight is 376 g/mol. The number of hydrogen-bond donors (Lipinski definition) is 0. The lowest BCUT2D eigenvalue weighted by molar-refractivity contribution is -0.373. The molecule has 3 unspecified atom stereocenters. The van der Waals surface area contributed by atoms with Crippen LogP contribution in [0.3, 0.4) is 0 Å². The molecule has 0 N–H and O–H groups in total. The van der Waals surface area contributed by atoms with E-state index in [-0.39, 0.29) is 18.4 Å². The second-order valence-electron chi connectivity index (χ2n) is 7.02. The molecule has 0 saturated heterocycles. The summed E-state index contributed by atoms with van der Waals surface area (Å²) in [6.07, 6.45) is -11.4. The minimum absolute atomic E-state index is 0.172. The number of ether oxygens (including phenoxy) is 2. The minimum atomic E-state index is -5.77. The highest BCUT2D eigenvalue weighted by molar-refractivity contribution is 5.61. The van der Waals surface area contributed by atoms with Crippen LogP contribution in [0, 0.1) is 17.8 Å². The molecule has 3 atom stereocenters. The van der Waals surface area contributed by atoms with Gasteiger partial charge in [-0.05, 0) is 43.4 Å². The Bertz CT molecular complexity index is 459. The van der Waals surface area contributed by atoms with Crippen molar-refractivity contribution >= 4 is 6.16 Å². The van der Waals surface area contributed by atoms with Gasteiger partial charge in [-0.15, -0.1) is 0 Å². The van der Waals surface area contributed by atoms with Crippen LogP contribution < -0.4 is 0 Å². The number of alkyl halides is 6. The van der Waals surface area contributed by atoms with Gasteiger partial charge in [-0.2, -0.15) is 26.3 Å². The molecule has 0 aromatic heterocycles. The van der Waals surface area contributed by atoms with E-state index in [0.717, 1.165) is 6.42 Å². The third-order valence-electron chi connectivity index (χ3n) is 5.33. The van der Waals surface area contributed by atoms with E-state index < -0.39 is 36.4 Å². The van der Waals surface area contributed by atoms with Gasteiger partial charge in [-0.1, -0.05) is 19.8 Å². The molecule has 3 nitrogen and oxygen atoms in total. The Balaban J connectivity index is 2.21. The Labute approximate surface area is 142 Å². The van der Waals surface area contributed by atoms with Crippen molar-refractivity contribution in [3.63, 3.8) is 0 Å². The molecular weight excluding hydrogens is 354 g/mol. The van der Waals surface area contributed by atoms with Crippen LogP contribution in [0.2, 0.25) is 0 Å². The van der Waals surface area contributed by atoms with Crippen molar-refractivity contribution in [1.82, 2.24) is 0 Å². The van der Waals surface area contributed by atoms with Gasteiger partial charge < -0.3 is 9.47 Å². The van der Waals surface area contributed by atoms with Gasteiger partial charge in [0.05, 0.1) is 6.61 Å². The summed E-state index contributed by atoms with van der Waals surface area (Å²) in [5, 5.41) is 0. The molecule has 0 aliphatic heterocycles. The van der Waals surface area contributed by atoms with E-state index in [9.17, 15) is 31.1 Å². The molecular formula is C16H22F6O3. The van der Waals surface area contributed by atoms with Crippen molar-refractivity contribution in [3.8, 4) is 0 Å². The third kappa shape index (κ3) is 4.16. The van der Waals surface area contributed by atoms with E-state index in [2.05, 4.69) is 9.47 Å². The summed E-state index contributed by atoms with van der Waals surface area (Å²) in [5.41, 5.74) is -4.52. The normalized spacial score (nSPS) is 26.8. The predicted molar refractivity (Wildman–Crippen MR) is 75.7 cm³/mol. The molecule has 0 radical (unpaired) electrons. The smallest absolute Gasteiger partial charge is 0.434 e. The van der Waals surface area contributed by atoms with E-state index in [4.69, 9.17) is 0 Å². The summed E-state index contributed by atoms with van der Waals surface area (Å²) >= 11 is 0. The second-order valence-corrected chi connectivity index (χ2v) is 7.02. The first-order chi connectivity index (χ1) is 11.5. The van der Waals surface area contributed by atoms with E-state index in [1.165, 1.54) is 0 Å². The zero-order valence-corrected chi connectivity index (χ0v) is 13.9. The van der Waals surface area contributed by atoms with Crippen LogP contribution in [-0.2, 0) is 9.47 Å². The summed E-state index contributed by atoms with van der Waals surface area (Å²) < 4.78 is 89.1. The Hall–Kier alpha value is -1.15. The van der Waals surface area contributed by atoms with Gasteiger partial charge in [-0.25, -0.2) is 4.79 Å². The molecule has 2 fully saturated rings. The number of carbonyl (C=O) groups is 1. The Kier molecular flexibility index (Phi) is 5.83. The zero-order chi connectivity index (χ0) is 18.9. The quantitative estimate of drug-likeness (QED) is 0.342. The topological polar surface area (TPSA) is 35.5 Å². The molecule has 0 spiro atoms. The van der Waals surface area contributed by atoms with E-state index in [0.29, 0.717) is 32.1 Å². The van der Waals surface area contributed by atoms with Crippen LogP contribution in [0.25, 0.3) is 0 Å². The van der Waals surface area contributed by atoms with Crippen molar-refractivity contribution < 1.29 is 40.6 Å². The number of fused-ring (bicyclic) bond motifs is 2. The van der Waals surface area contributed by atoms with Gasteiger partial charge in [0.25, 0.3) is 0 Å². The summed E-state index contributed by atoms with van der Waals surface area (Å²) in [4.78, 5) is 11.5. The molecule has 0 amide bonds. The Morgan fingerprint density at radius 2 is 1.68 bits per heavy atom. The van der Waals surface area contributed by atoms with Crippen molar-refractivity contribution in [1.29, 1.82) is 0 Å². The molecule has 2 aliphatic carbocycles. The maximum absolute atomic E-state index is 13.5. The van der Waals surface area contributed by atoms with Gasteiger partial charge in [-0.3, -0.25) is 0 Å². The van der Waals surface area contributed by atoms with Crippen LogP contribution >= 0.6 is 0 Å². The molecule has 9 heteroatoms. The van der Waals surface area contributed by atoms with Gasteiger partial charge in [0.15, 0.2) is 0 Å². The summed E-state index contributed by atoms with van der Waals surface area (Å²) in [6.45, 7) is 1.45. The van der Waals surface area contributed by atoms with Crippen LogP contribution in [0.5, 0.6) is 0 Å². The monoisotopic (exact) mass is 376 g/mol. The van der Waals surface area contributed by atoms with Crippen LogP contribution in [-0.4, -0.2) is 30.7 Å². The maximum Gasteiger partial charge on any atom is 0.509 e. The minimum Gasteiger partial charge on any atom is -0.434 e. The van der Waals surface area contributed by atoms with Gasteiger partial charge in [0.2, 0.25) is 0 Å². The molecule has 0 aromatic carbocycles. The Morgan fingerprint density at radius 1 is 1.04 bits per heavy atom. The fourth-order valence-electron chi connectivity index (χ4n) is 4.02. The average Bonchev–Trinajstić information content (AvgIpc) is 3.06. The number of hydrogen-bond acceptors (Lipinski definition) is 3. The molecule has 2 saturated carbocycles. The fourth-order valence-corrected chi connectivity index (χ4v) is 4.02. The number of carbonyl (C=O) groups excluding carboxylic acids is 1. The van der Waals surface area contributed by atoms with Crippen molar-refractivity contribution in [2.45, 2.75) is 69.8 Å². The van der Waals surface area contributed by atoms with Crippen molar-refractivity contribution in [2.24, 2.45) is 17.8 Å². The van der Waals surface area contributed by atoms with Gasteiger partial charge >= 0.3 is 24.1 Å². The first kappa shape index (κ1) is 20.2. The number of rotatable bonds is 6. The van der Waals surface area contributed by atoms with E-state index >= 15 is 0 Å². The number of halogens is 6. The van der Waals surface area contributed by atoms with E-state index in [1.807, 2.05) is 0 Å². The van der Waals surface area contributed by atoms with Crippen LogP contribution in [0.4, 0.5) is 31.1 Å². The highest BCUT2D eigenvalue weighted by Crippen LogP contribution is 2.56. The van der Waals surface area contributed by atoms with E-state index in [1.54, 1.807) is 6.92 Å². The SMILES string of the molecule is CCCCOC(=O)OC(CC1CC2CCC1C2)(C(F)(F)F)C(F)(F)F. The second kappa shape index (κ2) is 7.23. The highest BCUT2D eigenvalue weighted by Gasteiger charge is 2.75. The standard InChI is InChI=1S/C16H22F6O3/c1-2-3-6-24-13(23)25-14(15(17,18)19,16(20,21)22)9-12-8-10-4-5-11(12)7-10/h10-12H,2-9H2,1H3. The summed E-state index contributed by atoms with van der Waals surface area (Å²) in [6, 6.07) is 0. The molecule has 2 aliphatic rings. The molecule has 2 bridgehead atoms. The lowest BCUT2D eigenvalue weighted by Crippen LogP contribution is -2.60. The molecule has 0 aromatic rings. The summed E-state index contributed by atoms with van der Waals surface area (Å²) in [5.74, 6) is -0.759. The fraction of sp³-hybridized carbons (Fsp3) is 0.938.